The van der Waals surface area contributed by atoms with E-state index in [0.29, 0.717) is 0 Å². The smallest absolute Gasteiger partial charge is 0.318 e. The highest BCUT2D eigenvalue weighted by atomic mass is 19.1. The van der Waals surface area contributed by atoms with Crippen LogP contribution >= 0.6 is 0 Å². The first kappa shape index (κ1) is 17.4. The number of aryl methyl sites for hydroxylation is 1. The van der Waals surface area contributed by atoms with Crippen LogP contribution in [0, 0.1) is 11.6 Å². The van der Waals surface area contributed by atoms with Gasteiger partial charge in [0.15, 0.2) is 0 Å². The predicted molar refractivity (Wildman–Crippen MR) is 90.0 cm³/mol. The molecule has 0 spiro atoms. The van der Waals surface area contributed by atoms with E-state index in [4.69, 9.17) is 0 Å². The monoisotopic (exact) mass is 348 g/mol. The maximum Gasteiger partial charge on any atom is 0.318 e. The molecular weight excluding hydrogens is 326 g/mol. The van der Waals surface area contributed by atoms with Crippen LogP contribution in [0.4, 0.5) is 13.6 Å². The number of nitrogens with one attached hydrogen (secondary N) is 1. The van der Waals surface area contributed by atoms with Crippen molar-refractivity contribution in [3.8, 4) is 0 Å². The Balaban J connectivity index is 1.74. The SMILES string of the molecule is C[C@H](c1cc(F)ccc1F)N(C)C(=O)N[C@H]1CCCc2c1cnn2C. The van der Waals surface area contributed by atoms with E-state index < -0.39 is 17.7 Å². The summed E-state index contributed by atoms with van der Waals surface area (Å²) < 4.78 is 29.2. The first-order chi connectivity index (χ1) is 11.9. The second-order valence-corrected chi connectivity index (χ2v) is 6.52. The predicted octanol–water partition coefficient (Wildman–Crippen LogP) is 3.48. The Labute approximate surface area is 145 Å². The Morgan fingerprint density at radius 1 is 1.44 bits per heavy atom. The molecule has 1 aromatic heterocycles. The number of nitrogens with zero attached hydrogens (tertiary/aromatic N) is 3. The summed E-state index contributed by atoms with van der Waals surface area (Å²) in [5.41, 5.74) is 2.31. The summed E-state index contributed by atoms with van der Waals surface area (Å²) in [6.45, 7) is 1.67. The lowest BCUT2D eigenvalue weighted by Gasteiger charge is -2.30. The Bertz CT molecular complexity index is 789. The molecular formula is C18H22F2N4O. The van der Waals surface area contributed by atoms with Crippen LogP contribution in [0.2, 0.25) is 0 Å². The molecule has 0 saturated heterocycles. The third kappa shape index (κ3) is 3.36. The quantitative estimate of drug-likeness (QED) is 0.923. The van der Waals surface area contributed by atoms with Crippen molar-refractivity contribution in [2.75, 3.05) is 7.05 Å². The summed E-state index contributed by atoms with van der Waals surface area (Å²) in [7, 11) is 3.47. The van der Waals surface area contributed by atoms with E-state index in [1.807, 2.05) is 11.7 Å². The van der Waals surface area contributed by atoms with Gasteiger partial charge in [0.05, 0.1) is 18.3 Å². The molecule has 0 bridgehead atoms. The zero-order chi connectivity index (χ0) is 18.1. The number of benzene rings is 1. The molecule has 0 aliphatic heterocycles. The fourth-order valence-corrected chi connectivity index (χ4v) is 3.33. The van der Waals surface area contributed by atoms with Crippen molar-refractivity contribution in [3.63, 3.8) is 0 Å². The average Bonchev–Trinajstić information content (AvgIpc) is 2.98. The molecule has 2 atom stereocenters. The highest BCUT2D eigenvalue weighted by Gasteiger charge is 2.27. The zero-order valence-corrected chi connectivity index (χ0v) is 14.6. The van der Waals surface area contributed by atoms with Gasteiger partial charge in [-0.15, -0.1) is 0 Å². The second kappa shape index (κ2) is 6.82. The van der Waals surface area contributed by atoms with Crippen molar-refractivity contribution in [1.29, 1.82) is 0 Å². The number of hydrogen-bond donors (Lipinski definition) is 1. The van der Waals surface area contributed by atoms with Crippen LogP contribution in [0.25, 0.3) is 0 Å². The summed E-state index contributed by atoms with van der Waals surface area (Å²) in [6, 6.07) is 2.25. The Morgan fingerprint density at radius 2 is 2.20 bits per heavy atom. The number of fused-ring (bicyclic) bond motifs is 1. The molecule has 2 aromatic rings. The molecule has 5 nitrogen and oxygen atoms in total. The molecule has 25 heavy (non-hydrogen) atoms. The van der Waals surface area contributed by atoms with Gasteiger partial charge in [0.25, 0.3) is 0 Å². The lowest BCUT2D eigenvalue weighted by Crippen LogP contribution is -2.41. The summed E-state index contributed by atoms with van der Waals surface area (Å²) in [4.78, 5) is 14.0. The Hall–Kier alpha value is -2.44. The number of halogens is 2. The number of carbonyl (C=O) groups excluding carboxylic acids is 1. The molecule has 1 N–H and O–H groups in total. The highest BCUT2D eigenvalue weighted by Crippen LogP contribution is 2.30. The van der Waals surface area contributed by atoms with Crippen molar-refractivity contribution in [2.45, 2.75) is 38.3 Å². The fourth-order valence-electron chi connectivity index (χ4n) is 3.33. The maximum absolute atomic E-state index is 14.0. The molecule has 1 aromatic carbocycles. The van der Waals surface area contributed by atoms with E-state index in [1.165, 1.54) is 4.90 Å². The molecule has 3 rings (SSSR count). The van der Waals surface area contributed by atoms with E-state index in [0.717, 1.165) is 48.7 Å². The second-order valence-electron chi connectivity index (χ2n) is 6.52. The van der Waals surface area contributed by atoms with Crippen molar-refractivity contribution < 1.29 is 13.6 Å². The third-order valence-corrected chi connectivity index (χ3v) is 4.98. The minimum absolute atomic E-state index is 0.114. The van der Waals surface area contributed by atoms with Crippen molar-refractivity contribution >= 4 is 6.03 Å². The van der Waals surface area contributed by atoms with E-state index in [2.05, 4.69) is 10.4 Å². The number of amides is 2. The third-order valence-electron chi connectivity index (χ3n) is 4.98. The Morgan fingerprint density at radius 3 is 2.96 bits per heavy atom. The molecule has 0 fully saturated rings. The van der Waals surface area contributed by atoms with Crippen LogP contribution in [-0.2, 0) is 13.5 Å². The molecule has 7 heteroatoms. The van der Waals surface area contributed by atoms with Crippen LogP contribution in [0.3, 0.4) is 0 Å². The molecule has 1 heterocycles. The van der Waals surface area contributed by atoms with Gasteiger partial charge in [-0.2, -0.15) is 5.10 Å². The lowest BCUT2D eigenvalue weighted by atomic mass is 9.93. The van der Waals surface area contributed by atoms with Crippen LogP contribution < -0.4 is 5.32 Å². The van der Waals surface area contributed by atoms with Gasteiger partial charge in [-0.1, -0.05) is 0 Å². The van der Waals surface area contributed by atoms with Gasteiger partial charge in [-0.3, -0.25) is 4.68 Å². The van der Waals surface area contributed by atoms with Gasteiger partial charge >= 0.3 is 6.03 Å². The highest BCUT2D eigenvalue weighted by molar-refractivity contribution is 5.75. The number of carbonyl (C=O) groups is 1. The van der Waals surface area contributed by atoms with Crippen LogP contribution in [-0.4, -0.2) is 27.8 Å². The summed E-state index contributed by atoms with van der Waals surface area (Å²) in [5.74, 6) is -1.05. The average molecular weight is 348 g/mol. The Kier molecular flexibility index (Phi) is 4.74. The van der Waals surface area contributed by atoms with Gasteiger partial charge in [0.2, 0.25) is 0 Å². The number of urea groups is 1. The first-order valence-corrected chi connectivity index (χ1v) is 8.37. The van der Waals surface area contributed by atoms with Gasteiger partial charge in [-0.25, -0.2) is 13.6 Å². The van der Waals surface area contributed by atoms with Crippen LogP contribution in [0.5, 0.6) is 0 Å². The topological polar surface area (TPSA) is 50.2 Å². The normalized spacial score (nSPS) is 17.7. The van der Waals surface area contributed by atoms with E-state index >= 15 is 0 Å². The zero-order valence-electron chi connectivity index (χ0n) is 14.6. The number of rotatable bonds is 3. The molecule has 0 radical (unpaired) electrons. The molecule has 0 saturated carbocycles. The van der Waals surface area contributed by atoms with Crippen molar-refractivity contribution in [3.05, 3.63) is 52.9 Å². The van der Waals surface area contributed by atoms with Crippen LogP contribution in [0.15, 0.2) is 24.4 Å². The van der Waals surface area contributed by atoms with Crippen molar-refractivity contribution in [1.82, 2.24) is 20.0 Å². The summed E-state index contributed by atoms with van der Waals surface area (Å²) >= 11 is 0. The number of aromatic nitrogens is 2. The minimum Gasteiger partial charge on any atom is -0.331 e. The first-order valence-electron chi connectivity index (χ1n) is 8.37. The fraction of sp³-hybridized carbons (Fsp3) is 0.444. The van der Waals surface area contributed by atoms with Gasteiger partial charge in [-0.05, 0) is 44.4 Å². The molecule has 134 valence electrons. The molecule has 2 amide bonds. The number of hydrogen-bond acceptors (Lipinski definition) is 2. The van der Waals surface area contributed by atoms with E-state index in [1.54, 1.807) is 20.2 Å². The summed E-state index contributed by atoms with van der Waals surface area (Å²) in [6.07, 6.45) is 4.53. The largest absolute Gasteiger partial charge is 0.331 e. The lowest BCUT2D eigenvalue weighted by molar-refractivity contribution is 0.188. The molecule has 1 aliphatic carbocycles. The van der Waals surface area contributed by atoms with E-state index in [9.17, 15) is 13.6 Å². The van der Waals surface area contributed by atoms with Gasteiger partial charge < -0.3 is 10.2 Å². The minimum atomic E-state index is -0.590. The molecule has 1 aliphatic rings. The van der Waals surface area contributed by atoms with Crippen molar-refractivity contribution in [2.24, 2.45) is 7.05 Å². The maximum atomic E-state index is 14.0. The standard InChI is InChI=1S/C18H22F2N4O/c1-11(13-9-12(19)7-8-15(13)20)23(2)18(25)22-16-5-4-6-17-14(16)10-21-24(17)3/h7-11,16H,4-6H2,1-3H3,(H,22,25)/t11-,16+/m1/s1. The van der Waals surface area contributed by atoms with Gasteiger partial charge in [0.1, 0.15) is 11.6 Å². The van der Waals surface area contributed by atoms with Gasteiger partial charge in [0, 0.05) is 30.9 Å². The summed E-state index contributed by atoms with van der Waals surface area (Å²) in [5, 5.41) is 7.26. The molecule has 0 unspecified atom stereocenters. The van der Waals surface area contributed by atoms with Crippen LogP contribution in [0.1, 0.15) is 48.7 Å². The van der Waals surface area contributed by atoms with E-state index in [-0.39, 0.29) is 17.6 Å².